The van der Waals surface area contributed by atoms with Gasteiger partial charge in [0.1, 0.15) is 17.5 Å². The number of carbonyl (C=O) groups excluding carboxylic acids is 1. The molecule has 1 aliphatic carbocycles. The number of rotatable bonds is 6. The quantitative estimate of drug-likeness (QED) is 0.268. The molecule has 0 saturated carbocycles. The van der Waals surface area contributed by atoms with E-state index in [-0.39, 0.29) is 35.6 Å². The van der Waals surface area contributed by atoms with Gasteiger partial charge in [-0.1, -0.05) is 61.2 Å². The third-order valence-electron chi connectivity index (χ3n) is 8.81. The van der Waals surface area contributed by atoms with Gasteiger partial charge in [-0.25, -0.2) is 9.37 Å². The molecule has 3 aromatic carbocycles. The highest BCUT2D eigenvalue weighted by Crippen LogP contribution is 2.31. The number of hydrogen-bond donors (Lipinski definition) is 2. The molecule has 2 aliphatic rings. The van der Waals surface area contributed by atoms with E-state index in [9.17, 15) is 9.59 Å². The minimum atomic E-state index is -0.751. The number of ketones is 1. The van der Waals surface area contributed by atoms with Crippen LogP contribution in [0.1, 0.15) is 35.2 Å². The summed E-state index contributed by atoms with van der Waals surface area (Å²) in [6, 6.07) is 23.4. The van der Waals surface area contributed by atoms with Gasteiger partial charge in [0.25, 0.3) is 5.56 Å². The van der Waals surface area contributed by atoms with Gasteiger partial charge in [-0.3, -0.25) is 14.2 Å². The maximum atomic E-state index is 15.3. The summed E-state index contributed by atoms with van der Waals surface area (Å²) in [5.74, 6) is -0.217. The van der Waals surface area contributed by atoms with E-state index in [1.165, 1.54) is 10.6 Å². The van der Waals surface area contributed by atoms with Crippen molar-refractivity contribution in [1.82, 2.24) is 19.9 Å². The Hall–Kier alpha value is -5.15. The number of pyridine rings is 1. The molecule has 0 bridgehead atoms. The number of halogens is 1. The Bertz CT molecular complexity index is 2010. The molecule has 8 nitrogen and oxygen atoms in total. The van der Waals surface area contributed by atoms with E-state index in [1.54, 1.807) is 24.4 Å². The molecule has 2 N–H and O–H groups in total. The molecule has 9 heteroatoms. The van der Waals surface area contributed by atoms with E-state index in [1.807, 2.05) is 54.6 Å². The van der Waals surface area contributed by atoms with Gasteiger partial charge in [0.15, 0.2) is 5.78 Å². The highest BCUT2D eigenvalue weighted by Gasteiger charge is 2.31. The van der Waals surface area contributed by atoms with Crippen molar-refractivity contribution in [3.63, 3.8) is 0 Å². The van der Waals surface area contributed by atoms with Crippen LogP contribution in [0.2, 0.25) is 0 Å². The number of anilines is 3. The van der Waals surface area contributed by atoms with Crippen LogP contribution >= 0.6 is 0 Å². The van der Waals surface area contributed by atoms with Crippen LogP contribution in [0.15, 0.2) is 96.4 Å². The second-order valence-corrected chi connectivity index (χ2v) is 11.7. The number of carbonyl (C=O) groups is 1. The summed E-state index contributed by atoms with van der Waals surface area (Å²) in [5.41, 5.74) is 4.73. The largest absolute Gasteiger partial charge is 0.364 e. The number of Topliss-reactive ketones (excluding diaryl/α,β-unsaturated/α-hetero) is 1. The Kier molecular flexibility index (Phi) is 7.47. The number of piperazine rings is 1. The smallest absolute Gasteiger partial charge is 0.260 e. The van der Waals surface area contributed by atoms with Gasteiger partial charge in [-0.2, -0.15) is 4.98 Å². The number of fused-ring (bicyclic) bond motifs is 2. The molecule has 0 amide bonds. The third-order valence-corrected chi connectivity index (χ3v) is 8.81. The monoisotopic (exact) mass is 600 g/mol. The zero-order chi connectivity index (χ0) is 31.1. The van der Waals surface area contributed by atoms with E-state index in [0.29, 0.717) is 40.0 Å². The SMILES string of the molecule is C=C(c1ccccc1)c1cc2cnc(Nc3ccc(N4CCNCC4C)c(F)c3)nc2n(C2Cc3ccccc3CC2=O)c1=O. The lowest BCUT2D eigenvalue weighted by Gasteiger charge is -2.36. The van der Waals surface area contributed by atoms with E-state index < -0.39 is 6.04 Å². The van der Waals surface area contributed by atoms with Crippen molar-refractivity contribution in [2.75, 3.05) is 29.9 Å². The molecular formula is C36H33FN6O2. The lowest BCUT2D eigenvalue weighted by atomic mass is 9.87. The van der Waals surface area contributed by atoms with Crippen LogP contribution in [0.4, 0.5) is 21.7 Å². The minimum absolute atomic E-state index is 0.0625. The number of nitrogens with zero attached hydrogens (tertiary/aromatic N) is 4. The number of benzene rings is 3. The van der Waals surface area contributed by atoms with Crippen molar-refractivity contribution in [2.24, 2.45) is 0 Å². The Labute approximate surface area is 260 Å². The zero-order valence-electron chi connectivity index (χ0n) is 25.0. The van der Waals surface area contributed by atoms with Crippen LogP contribution < -0.4 is 21.1 Å². The Balaban J connectivity index is 1.30. The molecule has 7 rings (SSSR count). The second-order valence-electron chi connectivity index (χ2n) is 11.7. The fourth-order valence-corrected chi connectivity index (χ4v) is 6.42. The zero-order valence-corrected chi connectivity index (χ0v) is 25.0. The molecule has 1 fully saturated rings. The Morgan fingerprint density at radius 3 is 2.58 bits per heavy atom. The lowest BCUT2D eigenvalue weighted by Crippen LogP contribution is -2.50. The average molecular weight is 601 g/mol. The highest BCUT2D eigenvalue weighted by molar-refractivity contribution is 5.90. The number of hydrogen-bond acceptors (Lipinski definition) is 7. The molecule has 2 aromatic heterocycles. The van der Waals surface area contributed by atoms with Gasteiger partial charge in [0, 0.05) is 61.4 Å². The van der Waals surface area contributed by atoms with E-state index >= 15 is 4.39 Å². The van der Waals surface area contributed by atoms with Crippen LogP contribution in [0.25, 0.3) is 16.6 Å². The van der Waals surface area contributed by atoms with Crippen LogP contribution in [-0.4, -0.2) is 46.0 Å². The Morgan fingerprint density at radius 2 is 1.80 bits per heavy atom. The van der Waals surface area contributed by atoms with Gasteiger partial charge in [0.05, 0.1) is 5.69 Å². The van der Waals surface area contributed by atoms with Gasteiger partial charge >= 0.3 is 0 Å². The molecule has 1 aliphatic heterocycles. The second kappa shape index (κ2) is 11.7. The van der Waals surface area contributed by atoms with Gasteiger partial charge in [0.2, 0.25) is 5.95 Å². The van der Waals surface area contributed by atoms with Crippen molar-refractivity contribution in [3.05, 3.63) is 130 Å². The number of aromatic nitrogens is 3. The minimum Gasteiger partial charge on any atom is -0.364 e. The van der Waals surface area contributed by atoms with Gasteiger partial charge in [-0.15, -0.1) is 0 Å². The predicted octanol–water partition coefficient (Wildman–Crippen LogP) is 5.44. The highest BCUT2D eigenvalue weighted by atomic mass is 19.1. The molecule has 3 heterocycles. The molecule has 45 heavy (non-hydrogen) atoms. The van der Waals surface area contributed by atoms with Crippen LogP contribution in [0.3, 0.4) is 0 Å². The van der Waals surface area contributed by atoms with Crippen molar-refractivity contribution in [3.8, 4) is 0 Å². The molecule has 0 spiro atoms. The summed E-state index contributed by atoms with van der Waals surface area (Å²) in [6.45, 7) is 8.62. The van der Waals surface area contributed by atoms with Crippen molar-refractivity contribution in [1.29, 1.82) is 0 Å². The summed E-state index contributed by atoms with van der Waals surface area (Å²) in [7, 11) is 0. The first-order valence-electron chi connectivity index (χ1n) is 15.2. The number of nitrogens with one attached hydrogen (secondary N) is 2. The summed E-state index contributed by atoms with van der Waals surface area (Å²) in [4.78, 5) is 39.2. The fourth-order valence-electron chi connectivity index (χ4n) is 6.42. The van der Waals surface area contributed by atoms with Crippen LogP contribution in [0, 0.1) is 5.82 Å². The lowest BCUT2D eigenvalue weighted by molar-refractivity contribution is -0.122. The molecular weight excluding hydrogens is 567 g/mol. The van der Waals surface area contributed by atoms with Crippen molar-refractivity contribution in [2.45, 2.75) is 31.8 Å². The predicted molar refractivity (Wildman–Crippen MR) is 176 cm³/mol. The first-order chi connectivity index (χ1) is 21.9. The molecule has 5 aromatic rings. The standard InChI is InChI=1S/C36H33FN6O2/c1-22-20-38-14-15-42(22)31-13-12-28(19-30(31)37)40-36-39-21-27-16-29(23(2)24-8-4-3-5-9-24)35(45)43(34(27)41-36)32-17-25-10-6-7-11-26(25)18-33(32)44/h3-13,16,19,21-22,32,38H,2,14-15,17-18,20H2,1H3,(H,39,40,41). The molecule has 226 valence electrons. The van der Waals surface area contributed by atoms with Crippen molar-refractivity contribution >= 4 is 39.7 Å². The molecule has 2 atom stereocenters. The van der Waals surface area contributed by atoms with Gasteiger partial charge in [-0.05, 0) is 53.5 Å². The van der Waals surface area contributed by atoms with E-state index in [0.717, 1.165) is 36.3 Å². The first kappa shape index (κ1) is 28.6. The van der Waals surface area contributed by atoms with Crippen molar-refractivity contribution < 1.29 is 9.18 Å². The summed E-state index contributed by atoms with van der Waals surface area (Å²) in [5, 5.41) is 7.02. The van der Waals surface area contributed by atoms with Crippen LogP contribution in [-0.2, 0) is 17.6 Å². The maximum absolute atomic E-state index is 15.3. The fraction of sp³-hybridized carbons (Fsp3) is 0.222. The van der Waals surface area contributed by atoms with Crippen LogP contribution in [0.5, 0.6) is 0 Å². The molecule has 2 unspecified atom stereocenters. The third kappa shape index (κ3) is 5.40. The summed E-state index contributed by atoms with van der Waals surface area (Å²) < 4.78 is 16.8. The summed E-state index contributed by atoms with van der Waals surface area (Å²) in [6.07, 6.45) is 2.22. The Morgan fingerprint density at radius 1 is 1.02 bits per heavy atom. The maximum Gasteiger partial charge on any atom is 0.260 e. The normalized spacial score (nSPS) is 18.1. The summed E-state index contributed by atoms with van der Waals surface area (Å²) >= 11 is 0. The topological polar surface area (TPSA) is 92.2 Å². The van der Waals surface area contributed by atoms with E-state index in [4.69, 9.17) is 4.98 Å². The van der Waals surface area contributed by atoms with E-state index in [2.05, 4.69) is 34.0 Å². The molecule has 0 radical (unpaired) electrons. The molecule has 1 saturated heterocycles. The van der Waals surface area contributed by atoms with Gasteiger partial charge < -0.3 is 15.5 Å². The first-order valence-corrected chi connectivity index (χ1v) is 15.2. The average Bonchev–Trinajstić information content (AvgIpc) is 3.05.